The number of hydrogen-bond donors (Lipinski definition) is 1. The molecule has 26 heavy (non-hydrogen) atoms. The first-order valence-corrected chi connectivity index (χ1v) is 8.91. The molecule has 0 unspecified atom stereocenters. The van der Waals surface area contributed by atoms with Gasteiger partial charge in [-0.25, -0.2) is 0 Å². The molecule has 0 bridgehead atoms. The second kappa shape index (κ2) is 5.70. The predicted octanol–water partition coefficient (Wildman–Crippen LogP) is 5.57. The Kier molecular flexibility index (Phi) is 3.32. The van der Waals surface area contributed by atoms with Crippen LogP contribution in [-0.2, 0) is 0 Å². The Morgan fingerprint density at radius 3 is 2.73 bits per heavy atom. The van der Waals surface area contributed by atoms with Crippen molar-refractivity contribution in [2.24, 2.45) is 5.92 Å². The van der Waals surface area contributed by atoms with E-state index >= 15 is 0 Å². The standard InChI is InChI=1S/C22H18N2O2/c25-24(26)15-11-12-21-20(13-15)17-8-4-10-19(17)22(23-21)18-9-3-6-14-5-1-2-7-16(14)18/h1-9,11-13,17,19,22-23H,10H2/t17-,19+,22-/m0/s1. The number of rotatable bonds is 2. The van der Waals surface area contributed by atoms with E-state index in [0.29, 0.717) is 5.92 Å². The zero-order valence-electron chi connectivity index (χ0n) is 14.1. The van der Waals surface area contributed by atoms with Gasteiger partial charge in [0, 0.05) is 23.7 Å². The molecule has 1 N–H and O–H groups in total. The number of allylic oxidation sites excluding steroid dienone is 2. The Balaban J connectivity index is 1.65. The van der Waals surface area contributed by atoms with Crippen LogP contribution >= 0.6 is 0 Å². The van der Waals surface area contributed by atoms with Crippen molar-refractivity contribution in [1.82, 2.24) is 0 Å². The number of benzene rings is 3. The molecule has 0 amide bonds. The molecule has 1 aliphatic heterocycles. The highest BCUT2D eigenvalue weighted by molar-refractivity contribution is 5.86. The van der Waals surface area contributed by atoms with E-state index in [1.165, 1.54) is 16.3 Å². The van der Waals surface area contributed by atoms with E-state index in [1.807, 2.05) is 6.07 Å². The first-order chi connectivity index (χ1) is 12.7. The molecule has 3 aromatic carbocycles. The molecule has 1 heterocycles. The number of hydrogen-bond acceptors (Lipinski definition) is 3. The summed E-state index contributed by atoms with van der Waals surface area (Å²) >= 11 is 0. The van der Waals surface area contributed by atoms with Gasteiger partial charge in [0.2, 0.25) is 0 Å². The summed E-state index contributed by atoms with van der Waals surface area (Å²) in [6.07, 6.45) is 5.41. The third kappa shape index (κ3) is 2.22. The third-order valence-corrected chi connectivity index (χ3v) is 5.72. The first kappa shape index (κ1) is 15.1. The molecular formula is C22H18N2O2. The molecule has 4 nitrogen and oxygen atoms in total. The lowest BCUT2D eigenvalue weighted by molar-refractivity contribution is -0.384. The molecule has 2 aliphatic rings. The lowest BCUT2D eigenvalue weighted by Gasteiger charge is -2.37. The molecule has 1 aliphatic carbocycles. The van der Waals surface area contributed by atoms with Gasteiger partial charge in [0.1, 0.15) is 0 Å². The molecule has 0 aromatic heterocycles. The monoisotopic (exact) mass is 342 g/mol. The van der Waals surface area contributed by atoms with Crippen LogP contribution in [0.1, 0.15) is 29.5 Å². The molecule has 3 aromatic rings. The predicted molar refractivity (Wildman–Crippen MR) is 103 cm³/mol. The minimum Gasteiger partial charge on any atom is -0.378 e. The van der Waals surface area contributed by atoms with Crippen LogP contribution in [0.15, 0.2) is 72.8 Å². The Hall–Kier alpha value is -3.14. The van der Waals surface area contributed by atoms with Crippen LogP contribution in [0.5, 0.6) is 0 Å². The van der Waals surface area contributed by atoms with E-state index in [0.717, 1.165) is 17.7 Å². The second-order valence-electron chi connectivity index (χ2n) is 7.07. The fourth-order valence-electron chi connectivity index (χ4n) is 4.52. The van der Waals surface area contributed by atoms with Crippen LogP contribution in [-0.4, -0.2) is 4.92 Å². The molecule has 5 rings (SSSR count). The van der Waals surface area contributed by atoms with Gasteiger partial charge < -0.3 is 5.32 Å². The lowest BCUT2D eigenvalue weighted by atomic mass is 9.76. The third-order valence-electron chi connectivity index (χ3n) is 5.72. The van der Waals surface area contributed by atoms with E-state index in [9.17, 15) is 10.1 Å². The van der Waals surface area contributed by atoms with Crippen molar-refractivity contribution in [3.63, 3.8) is 0 Å². The minimum absolute atomic E-state index is 0.160. The van der Waals surface area contributed by atoms with Gasteiger partial charge in [-0.1, -0.05) is 54.6 Å². The van der Waals surface area contributed by atoms with Gasteiger partial charge in [-0.2, -0.15) is 0 Å². The van der Waals surface area contributed by atoms with Gasteiger partial charge in [0.05, 0.1) is 11.0 Å². The number of non-ortho nitro benzene ring substituents is 1. The molecule has 128 valence electrons. The highest BCUT2D eigenvalue weighted by atomic mass is 16.6. The normalized spacial score (nSPS) is 23.3. The van der Waals surface area contributed by atoms with Crippen molar-refractivity contribution in [1.29, 1.82) is 0 Å². The van der Waals surface area contributed by atoms with Crippen LogP contribution < -0.4 is 5.32 Å². The fraction of sp³-hybridized carbons (Fsp3) is 0.182. The molecule has 3 atom stereocenters. The molecule has 0 spiro atoms. The van der Waals surface area contributed by atoms with Crippen LogP contribution in [0.3, 0.4) is 0 Å². The molecule has 0 saturated heterocycles. The Labute approximate surface area is 151 Å². The van der Waals surface area contributed by atoms with Gasteiger partial charge >= 0.3 is 0 Å². The van der Waals surface area contributed by atoms with Crippen LogP contribution in [0, 0.1) is 16.0 Å². The van der Waals surface area contributed by atoms with Crippen LogP contribution in [0.4, 0.5) is 11.4 Å². The molecule has 4 heteroatoms. The summed E-state index contributed by atoms with van der Waals surface area (Å²) in [6.45, 7) is 0. The molecule has 0 fully saturated rings. The van der Waals surface area contributed by atoms with Crippen molar-refractivity contribution < 1.29 is 4.92 Å². The van der Waals surface area contributed by atoms with Crippen molar-refractivity contribution in [2.75, 3.05) is 5.32 Å². The summed E-state index contributed by atoms with van der Waals surface area (Å²) in [5.74, 6) is 0.588. The quantitative estimate of drug-likeness (QED) is 0.376. The maximum Gasteiger partial charge on any atom is 0.269 e. The second-order valence-corrected chi connectivity index (χ2v) is 7.07. The van der Waals surface area contributed by atoms with Crippen molar-refractivity contribution in [3.05, 3.63) is 94.1 Å². The smallest absolute Gasteiger partial charge is 0.269 e. The SMILES string of the molecule is O=[N+]([O-])c1ccc2c(c1)[C@H]1C=CC[C@H]1[C@H](c1cccc3ccccc13)N2. The van der Waals surface area contributed by atoms with E-state index < -0.39 is 0 Å². The largest absolute Gasteiger partial charge is 0.378 e. The summed E-state index contributed by atoms with van der Waals surface area (Å²) in [5, 5.41) is 17.4. The summed E-state index contributed by atoms with van der Waals surface area (Å²) < 4.78 is 0. The van der Waals surface area contributed by atoms with Gasteiger partial charge in [0.15, 0.2) is 0 Å². The summed E-state index contributed by atoms with van der Waals surface area (Å²) in [6, 6.07) is 20.3. The van der Waals surface area contributed by atoms with Crippen molar-refractivity contribution in [2.45, 2.75) is 18.4 Å². The summed E-state index contributed by atoms with van der Waals surface area (Å²) in [7, 11) is 0. The van der Waals surface area contributed by atoms with E-state index in [4.69, 9.17) is 0 Å². The number of nitro benzene ring substituents is 1. The van der Waals surface area contributed by atoms with Gasteiger partial charge in [-0.05, 0) is 40.3 Å². The van der Waals surface area contributed by atoms with E-state index in [-0.39, 0.29) is 22.6 Å². The molecule has 0 saturated carbocycles. The maximum atomic E-state index is 11.2. The molecular weight excluding hydrogens is 324 g/mol. The fourth-order valence-corrected chi connectivity index (χ4v) is 4.52. The first-order valence-electron chi connectivity index (χ1n) is 8.91. The van der Waals surface area contributed by atoms with Crippen molar-refractivity contribution in [3.8, 4) is 0 Å². The lowest BCUT2D eigenvalue weighted by Crippen LogP contribution is -2.29. The van der Waals surface area contributed by atoms with Crippen LogP contribution in [0.25, 0.3) is 10.8 Å². The number of nitrogens with zero attached hydrogens (tertiary/aromatic N) is 1. The Morgan fingerprint density at radius 1 is 1.00 bits per heavy atom. The number of nitro groups is 1. The topological polar surface area (TPSA) is 55.2 Å². The molecule has 0 radical (unpaired) electrons. The highest BCUT2D eigenvalue weighted by Gasteiger charge is 2.39. The zero-order valence-corrected chi connectivity index (χ0v) is 14.1. The van der Waals surface area contributed by atoms with Crippen LogP contribution in [0.2, 0.25) is 0 Å². The average Bonchev–Trinajstić information content (AvgIpc) is 3.16. The number of nitrogens with one attached hydrogen (secondary N) is 1. The minimum atomic E-state index is -0.315. The van der Waals surface area contributed by atoms with Gasteiger partial charge in [0.25, 0.3) is 5.69 Å². The Morgan fingerprint density at radius 2 is 1.85 bits per heavy atom. The zero-order chi connectivity index (χ0) is 17.7. The van der Waals surface area contributed by atoms with E-state index in [2.05, 4.69) is 59.9 Å². The highest BCUT2D eigenvalue weighted by Crippen LogP contribution is 2.51. The van der Waals surface area contributed by atoms with Gasteiger partial charge in [-0.15, -0.1) is 0 Å². The Bertz CT molecular complexity index is 1050. The number of fused-ring (bicyclic) bond motifs is 4. The van der Waals surface area contributed by atoms with E-state index in [1.54, 1.807) is 12.1 Å². The number of anilines is 1. The maximum absolute atomic E-state index is 11.2. The van der Waals surface area contributed by atoms with Crippen molar-refractivity contribution >= 4 is 22.1 Å². The van der Waals surface area contributed by atoms with Gasteiger partial charge in [-0.3, -0.25) is 10.1 Å². The average molecular weight is 342 g/mol. The summed E-state index contributed by atoms with van der Waals surface area (Å²) in [4.78, 5) is 10.9. The summed E-state index contributed by atoms with van der Waals surface area (Å²) in [5.41, 5.74) is 3.50.